The highest BCUT2D eigenvalue weighted by Gasteiger charge is 2.18. The number of para-hydroxylation sites is 1. The molecule has 1 aromatic rings. The molecule has 5 heteroatoms. The van der Waals surface area contributed by atoms with E-state index in [9.17, 15) is 0 Å². The molecule has 1 N–H and O–H groups in total. The van der Waals surface area contributed by atoms with Gasteiger partial charge in [0.1, 0.15) is 0 Å². The standard InChI is InChI=1S/C18H30N4O/c1-19-18(22(3)14-16-10-13-23-15-16)20-11-7-12-21(2)17-8-5-4-6-9-17/h4-6,8-9,16H,7,10-15H2,1-3H3,(H,19,20). The van der Waals surface area contributed by atoms with Crippen LogP contribution in [0.25, 0.3) is 0 Å². The van der Waals surface area contributed by atoms with Crippen LogP contribution in [0.4, 0.5) is 5.69 Å². The predicted octanol–water partition coefficient (Wildman–Crippen LogP) is 2.06. The van der Waals surface area contributed by atoms with Crippen molar-refractivity contribution < 1.29 is 4.74 Å². The van der Waals surface area contributed by atoms with Crippen LogP contribution >= 0.6 is 0 Å². The zero-order valence-electron chi connectivity index (χ0n) is 14.7. The topological polar surface area (TPSA) is 40.1 Å². The number of nitrogens with one attached hydrogen (secondary N) is 1. The molecule has 0 bridgehead atoms. The predicted molar refractivity (Wildman–Crippen MR) is 97.2 cm³/mol. The van der Waals surface area contributed by atoms with Gasteiger partial charge in [0, 0.05) is 59.0 Å². The van der Waals surface area contributed by atoms with Crippen molar-refractivity contribution in [3.8, 4) is 0 Å². The fourth-order valence-corrected chi connectivity index (χ4v) is 2.91. The Morgan fingerprint density at radius 1 is 1.30 bits per heavy atom. The van der Waals surface area contributed by atoms with E-state index >= 15 is 0 Å². The van der Waals surface area contributed by atoms with Gasteiger partial charge in [0.05, 0.1) is 6.61 Å². The van der Waals surface area contributed by atoms with E-state index in [1.54, 1.807) is 0 Å². The molecule has 0 aliphatic carbocycles. The summed E-state index contributed by atoms with van der Waals surface area (Å²) in [6.07, 6.45) is 2.23. The molecule has 0 spiro atoms. The van der Waals surface area contributed by atoms with E-state index in [0.717, 1.165) is 51.6 Å². The van der Waals surface area contributed by atoms with Crippen molar-refractivity contribution in [2.24, 2.45) is 10.9 Å². The van der Waals surface area contributed by atoms with Crippen molar-refractivity contribution in [2.75, 3.05) is 58.9 Å². The summed E-state index contributed by atoms with van der Waals surface area (Å²) >= 11 is 0. The number of anilines is 1. The molecule has 1 atom stereocenters. The second kappa shape index (κ2) is 9.40. The van der Waals surface area contributed by atoms with Crippen LogP contribution in [-0.2, 0) is 4.74 Å². The molecule has 2 rings (SSSR count). The first-order chi connectivity index (χ1) is 11.2. The highest BCUT2D eigenvalue weighted by atomic mass is 16.5. The van der Waals surface area contributed by atoms with Crippen molar-refractivity contribution in [2.45, 2.75) is 12.8 Å². The second-order valence-electron chi connectivity index (χ2n) is 6.19. The summed E-state index contributed by atoms with van der Waals surface area (Å²) < 4.78 is 5.45. The van der Waals surface area contributed by atoms with E-state index in [1.165, 1.54) is 5.69 Å². The Bertz CT molecular complexity index is 471. The summed E-state index contributed by atoms with van der Waals surface area (Å²) in [5.74, 6) is 1.60. The number of hydrogen-bond donors (Lipinski definition) is 1. The van der Waals surface area contributed by atoms with E-state index in [4.69, 9.17) is 4.74 Å². The van der Waals surface area contributed by atoms with Gasteiger partial charge in [-0.15, -0.1) is 0 Å². The van der Waals surface area contributed by atoms with Gasteiger partial charge in [0.2, 0.25) is 0 Å². The molecule has 0 aromatic heterocycles. The minimum atomic E-state index is 0.628. The van der Waals surface area contributed by atoms with Crippen LogP contribution in [0.1, 0.15) is 12.8 Å². The molecule has 1 aliphatic rings. The molecular formula is C18H30N4O. The summed E-state index contributed by atoms with van der Waals surface area (Å²) in [5.41, 5.74) is 1.26. The van der Waals surface area contributed by atoms with Gasteiger partial charge in [-0.1, -0.05) is 18.2 Å². The number of aliphatic imine (C=N–C) groups is 1. The normalized spacial score (nSPS) is 18.0. The molecule has 128 valence electrons. The quantitative estimate of drug-likeness (QED) is 0.475. The minimum Gasteiger partial charge on any atom is -0.381 e. The molecule has 1 aromatic carbocycles. The largest absolute Gasteiger partial charge is 0.381 e. The molecule has 1 fully saturated rings. The number of hydrogen-bond acceptors (Lipinski definition) is 3. The van der Waals surface area contributed by atoms with Crippen LogP contribution in [0.5, 0.6) is 0 Å². The first-order valence-corrected chi connectivity index (χ1v) is 8.46. The molecule has 1 unspecified atom stereocenters. The zero-order valence-corrected chi connectivity index (χ0v) is 14.7. The SMILES string of the molecule is CN=C(NCCCN(C)c1ccccc1)N(C)CC1CCOC1. The van der Waals surface area contributed by atoms with Crippen molar-refractivity contribution in [3.05, 3.63) is 30.3 Å². The lowest BCUT2D eigenvalue weighted by atomic mass is 10.1. The van der Waals surface area contributed by atoms with Gasteiger partial charge >= 0.3 is 0 Å². The first-order valence-electron chi connectivity index (χ1n) is 8.46. The van der Waals surface area contributed by atoms with Gasteiger partial charge in [-0.3, -0.25) is 4.99 Å². The Balaban J connectivity index is 1.67. The average Bonchev–Trinajstić information content (AvgIpc) is 3.08. The highest BCUT2D eigenvalue weighted by molar-refractivity contribution is 5.79. The van der Waals surface area contributed by atoms with Crippen LogP contribution < -0.4 is 10.2 Å². The van der Waals surface area contributed by atoms with Gasteiger partial charge in [0.15, 0.2) is 5.96 Å². The van der Waals surface area contributed by atoms with Crippen molar-refractivity contribution in [1.82, 2.24) is 10.2 Å². The molecule has 1 aliphatic heterocycles. The number of rotatable bonds is 7. The highest BCUT2D eigenvalue weighted by Crippen LogP contribution is 2.13. The smallest absolute Gasteiger partial charge is 0.193 e. The average molecular weight is 318 g/mol. The van der Waals surface area contributed by atoms with Crippen molar-refractivity contribution >= 4 is 11.6 Å². The fraction of sp³-hybridized carbons (Fsp3) is 0.611. The number of benzene rings is 1. The number of guanidine groups is 1. The first kappa shape index (κ1) is 17.6. The van der Waals surface area contributed by atoms with E-state index in [2.05, 4.69) is 58.5 Å². The molecular weight excluding hydrogens is 288 g/mol. The van der Waals surface area contributed by atoms with Gasteiger partial charge < -0.3 is 19.9 Å². The lowest BCUT2D eigenvalue weighted by Gasteiger charge is -2.25. The van der Waals surface area contributed by atoms with Crippen LogP contribution in [0.15, 0.2) is 35.3 Å². The van der Waals surface area contributed by atoms with Crippen LogP contribution in [0.3, 0.4) is 0 Å². The maximum Gasteiger partial charge on any atom is 0.193 e. The Morgan fingerprint density at radius 2 is 2.09 bits per heavy atom. The van der Waals surface area contributed by atoms with Crippen molar-refractivity contribution in [1.29, 1.82) is 0 Å². The second-order valence-corrected chi connectivity index (χ2v) is 6.19. The Kier molecular flexibility index (Phi) is 7.20. The Morgan fingerprint density at radius 3 is 2.74 bits per heavy atom. The fourth-order valence-electron chi connectivity index (χ4n) is 2.91. The summed E-state index contributed by atoms with van der Waals surface area (Å²) in [7, 11) is 6.08. The van der Waals surface area contributed by atoms with E-state index < -0.39 is 0 Å². The van der Waals surface area contributed by atoms with Crippen molar-refractivity contribution in [3.63, 3.8) is 0 Å². The number of nitrogens with zero attached hydrogens (tertiary/aromatic N) is 3. The minimum absolute atomic E-state index is 0.628. The molecule has 1 saturated heterocycles. The Labute approximate surface area is 140 Å². The zero-order chi connectivity index (χ0) is 16.5. The Hall–Kier alpha value is -1.75. The van der Waals surface area contributed by atoms with Gasteiger partial charge in [0.25, 0.3) is 0 Å². The van der Waals surface area contributed by atoms with Gasteiger partial charge in [-0.25, -0.2) is 0 Å². The van der Waals surface area contributed by atoms with E-state index in [0.29, 0.717) is 5.92 Å². The van der Waals surface area contributed by atoms with Crippen LogP contribution in [0, 0.1) is 5.92 Å². The summed E-state index contributed by atoms with van der Waals surface area (Å²) in [6.45, 7) is 4.73. The molecule has 0 saturated carbocycles. The lowest BCUT2D eigenvalue weighted by Crippen LogP contribution is -2.42. The van der Waals surface area contributed by atoms with E-state index in [1.807, 2.05) is 13.1 Å². The summed E-state index contributed by atoms with van der Waals surface area (Å²) in [5, 5.41) is 3.46. The molecule has 0 amide bonds. The van der Waals surface area contributed by atoms with Crippen LogP contribution in [0.2, 0.25) is 0 Å². The molecule has 5 nitrogen and oxygen atoms in total. The monoisotopic (exact) mass is 318 g/mol. The van der Waals surface area contributed by atoms with E-state index in [-0.39, 0.29) is 0 Å². The number of ether oxygens (including phenoxy) is 1. The maximum absolute atomic E-state index is 5.45. The third-order valence-corrected chi connectivity index (χ3v) is 4.28. The summed E-state index contributed by atoms with van der Waals surface area (Å²) in [6, 6.07) is 10.5. The van der Waals surface area contributed by atoms with Crippen LogP contribution in [-0.4, -0.2) is 64.9 Å². The van der Waals surface area contributed by atoms with Gasteiger partial charge in [-0.2, -0.15) is 0 Å². The molecule has 0 radical (unpaired) electrons. The molecule has 1 heterocycles. The summed E-state index contributed by atoms with van der Waals surface area (Å²) in [4.78, 5) is 8.87. The van der Waals surface area contributed by atoms with Gasteiger partial charge in [-0.05, 0) is 25.0 Å². The lowest BCUT2D eigenvalue weighted by molar-refractivity contribution is 0.181. The molecule has 23 heavy (non-hydrogen) atoms. The third kappa shape index (κ3) is 5.75. The maximum atomic E-state index is 5.45. The third-order valence-electron chi connectivity index (χ3n) is 4.28.